The fraction of sp³-hybridized carbons (Fsp3) is 0.389. The van der Waals surface area contributed by atoms with E-state index in [2.05, 4.69) is 27.5 Å². The van der Waals surface area contributed by atoms with Crippen molar-refractivity contribution in [3.05, 3.63) is 77.7 Å². The first-order valence-corrected chi connectivity index (χ1v) is 16.6. The number of benzene rings is 2. The van der Waals surface area contributed by atoms with Gasteiger partial charge in [0.15, 0.2) is 0 Å². The lowest BCUT2D eigenvalue weighted by Gasteiger charge is -2.21. The minimum absolute atomic E-state index is 0.0217. The van der Waals surface area contributed by atoms with Crippen molar-refractivity contribution in [2.75, 3.05) is 30.5 Å². The predicted octanol–water partition coefficient (Wildman–Crippen LogP) is 7.25. The molecule has 260 valence electrons. The summed E-state index contributed by atoms with van der Waals surface area (Å²) >= 11 is 0. The topological polar surface area (TPSA) is 172 Å². The lowest BCUT2D eigenvalue weighted by Crippen LogP contribution is -2.36. The molecule has 0 radical (unpaired) electrons. The molecular formula is C36H45N7O6. The number of alkyl carbamates (subject to hydrolysis) is 1. The van der Waals surface area contributed by atoms with Crippen LogP contribution in [0.3, 0.4) is 0 Å². The van der Waals surface area contributed by atoms with Crippen LogP contribution in [0.5, 0.6) is 5.75 Å². The number of hydrogen-bond acceptors (Lipinski definition) is 10. The second kappa shape index (κ2) is 18.8. The Kier molecular flexibility index (Phi) is 13.9. The molecule has 0 saturated carbocycles. The first-order chi connectivity index (χ1) is 23.8. The number of carbonyl (C=O) groups excluding carboxylic acids is 3. The summed E-state index contributed by atoms with van der Waals surface area (Å²) in [5.74, 6) is 0.850. The number of methoxy groups -OCH3 is 1. The number of nitrogens with one attached hydrogen (secondary N) is 4. The molecule has 0 spiro atoms. The fourth-order valence-electron chi connectivity index (χ4n) is 5.08. The number of ether oxygens (including phenoxy) is 3. The van der Waals surface area contributed by atoms with E-state index in [1.54, 1.807) is 48.7 Å². The number of nitrogens with zero attached hydrogens (tertiary/aromatic N) is 3. The number of aryl methyl sites for hydroxylation is 1. The molecule has 0 atom stereocenters. The van der Waals surface area contributed by atoms with Crippen LogP contribution in [0.1, 0.15) is 75.2 Å². The maximum absolute atomic E-state index is 13.2. The average molecular weight is 672 g/mol. The fourth-order valence-corrected chi connectivity index (χ4v) is 5.08. The zero-order chi connectivity index (χ0) is 35.0. The zero-order valence-electron chi connectivity index (χ0n) is 28.3. The van der Waals surface area contributed by atoms with E-state index in [0.717, 1.165) is 30.5 Å². The number of aromatic amines is 1. The van der Waals surface area contributed by atoms with Crippen LogP contribution in [0.25, 0.3) is 11.0 Å². The maximum Gasteiger partial charge on any atom is 0.420 e. The Balaban J connectivity index is 1.28. The zero-order valence-corrected chi connectivity index (χ0v) is 28.3. The Labute approximate surface area is 286 Å². The van der Waals surface area contributed by atoms with Gasteiger partial charge in [-0.2, -0.15) is 0 Å². The van der Waals surface area contributed by atoms with Gasteiger partial charge in [0.1, 0.15) is 23.2 Å². The van der Waals surface area contributed by atoms with Crippen LogP contribution in [0.15, 0.2) is 60.8 Å². The van der Waals surface area contributed by atoms with Gasteiger partial charge in [-0.25, -0.2) is 19.6 Å². The lowest BCUT2D eigenvalue weighted by atomic mass is 10.1. The number of H-pyrrole nitrogens is 1. The summed E-state index contributed by atoms with van der Waals surface area (Å²) in [5.41, 5.74) is 3.43. The lowest BCUT2D eigenvalue weighted by molar-refractivity contribution is -0.140. The number of amides is 2. The minimum Gasteiger partial charge on any atom is -0.469 e. The van der Waals surface area contributed by atoms with Gasteiger partial charge in [0.25, 0.3) is 0 Å². The molecule has 13 nitrogen and oxygen atoms in total. The highest BCUT2D eigenvalue weighted by Crippen LogP contribution is 2.27. The summed E-state index contributed by atoms with van der Waals surface area (Å²) in [4.78, 5) is 50.6. The second-order valence-electron chi connectivity index (χ2n) is 11.5. The predicted molar refractivity (Wildman–Crippen MR) is 188 cm³/mol. The quantitative estimate of drug-likeness (QED) is 0.0390. The molecule has 2 aromatic heterocycles. The third kappa shape index (κ3) is 11.1. The molecular weight excluding hydrogens is 626 g/mol. The van der Waals surface area contributed by atoms with Gasteiger partial charge in [0, 0.05) is 29.6 Å². The number of aromatic nitrogens is 3. The van der Waals surface area contributed by atoms with Crippen LogP contribution in [0.2, 0.25) is 0 Å². The Bertz CT molecular complexity index is 1690. The summed E-state index contributed by atoms with van der Waals surface area (Å²) in [6, 6.07) is 15.7. The van der Waals surface area contributed by atoms with Crippen LogP contribution in [0, 0.1) is 12.3 Å². The summed E-state index contributed by atoms with van der Waals surface area (Å²) in [7, 11) is 1.29. The molecule has 0 unspecified atom stereocenters. The van der Waals surface area contributed by atoms with E-state index >= 15 is 0 Å². The normalized spacial score (nSPS) is 10.8. The summed E-state index contributed by atoms with van der Waals surface area (Å²) in [5, 5.41) is 14.0. The number of fused-ring (bicyclic) bond motifs is 1. The van der Waals surface area contributed by atoms with Gasteiger partial charge in [-0.15, -0.1) is 0 Å². The molecule has 4 N–H and O–H groups in total. The molecule has 0 aliphatic rings. The molecule has 49 heavy (non-hydrogen) atoms. The van der Waals surface area contributed by atoms with Crippen molar-refractivity contribution in [3.63, 3.8) is 0 Å². The molecule has 0 bridgehead atoms. The highest BCUT2D eigenvalue weighted by molar-refractivity contribution is 6.04. The second-order valence-corrected chi connectivity index (χ2v) is 11.5. The van der Waals surface area contributed by atoms with Gasteiger partial charge < -0.3 is 24.5 Å². The number of amidine groups is 1. The van der Waals surface area contributed by atoms with E-state index in [4.69, 9.17) is 24.6 Å². The Morgan fingerprint density at radius 2 is 1.71 bits per heavy atom. The van der Waals surface area contributed by atoms with E-state index in [0.29, 0.717) is 47.2 Å². The highest BCUT2D eigenvalue weighted by Gasteiger charge is 2.22. The highest BCUT2D eigenvalue weighted by atomic mass is 16.6. The number of anilines is 2. The maximum atomic E-state index is 13.2. The third-order valence-electron chi connectivity index (χ3n) is 7.86. The number of pyridine rings is 1. The van der Waals surface area contributed by atoms with Crippen molar-refractivity contribution in [2.24, 2.45) is 0 Å². The molecule has 2 heterocycles. The van der Waals surface area contributed by atoms with Crippen LogP contribution in [0.4, 0.5) is 21.1 Å². The molecule has 0 saturated heterocycles. The Morgan fingerprint density at radius 3 is 2.43 bits per heavy atom. The van der Waals surface area contributed by atoms with E-state index in [-0.39, 0.29) is 18.8 Å². The standard InChI is InChI=1S/C36H45N7O6/c1-4-5-6-7-8-9-12-23-48-35(45)42-34(37)26-14-16-27(17-15-26)39-24-30-40-28-18-19-29(25(2)33(28)41-30)49-36(46)43(22-20-32(44)47-3)31-13-10-11-21-38-31/h10-11,13-19,21,39H,4-9,12,20,22-24H2,1-3H3,(H,40,41)(H2,37,42,45). The van der Waals surface area contributed by atoms with Gasteiger partial charge in [0.2, 0.25) is 0 Å². The minimum atomic E-state index is -0.686. The van der Waals surface area contributed by atoms with Crippen LogP contribution in [-0.2, 0) is 20.8 Å². The number of hydrogen-bond donors (Lipinski definition) is 4. The largest absolute Gasteiger partial charge is 0.469 e. The van der Waals surface area contributed by atoms with Crippen molar-refractivity contribution >= 4 is 46.5 Å². The molecule has 0 aliphatic carbocycles. The van der Waals surface area contributed by atoms with Gasteiger partial charge in [-0.05, 0) is 61.9 Å². The van der Waals surface area contributed by atoms with Crippen molar-refractivity contribution in [2.45, 2.75) is 71.8 Å². The molecule has 13 heteroatoms. The third-order valence-corrected chi connectivity index (χ3v) is 7.86. The van der Waals surface area contributed by atoms with Crippen molar-refractivity contribution in [1.29, 1.82) is 5.41 Å². The van der Waals surface area contributed by atoms with Gasteiger partial charge in [-0.3, -0.25) is 20.4 Å². The first kappa shape index (κ1) is 36.4. The van der Waals surface area contributed by atoms with E-state index in [9.17, 15) is 14.4 Å². The van der Waals surface area contributed by atoms with Crippen molar-refractivity contribution in [1.82, 2.24) is 20.3 Å². The number of unbranched alkanes of at least 4 members (excludes halogenated alkanes) is 6. The number of carbonyl (C=O) groups is 3. The van der Waals surface area contributed by atoms with Gasteiger partial charge in [-0.1, -0.05) is 51.5 Å². The molecule has 0 fully saturated rings. The number of imidazole rings is 1. The summed E-state index contributed by atoms with van der Waals surface area (Å²) in [6.45, 7) is 4.76. The van der Waals surface area contributed by atoms with Crippen LogP contribution >= 0.6 is 0 Å². The molecule has 0 aliphatic heterocycles. The summed E-state index contributed by atoms with van der Waals surface area (Å²) < 4.78 is 15.7. The van der Waals surface area contributed by atoms with E-state index in [1.165, 1.54) is 37.7 Å². The van der Waals surface area contributed by atoms with E-state index in [1.807, 2.05) is 19.1 Å². The van der Waals surface area contributed by atoms with E-state index < -0.39 is 18.2 Å². The SMILES string of the molecule is CCCCCCCCCOC(=O)NC(=N)c1ccc(NCc2nc3c(C)c(OC(=O)N(CCC(=O)OC)c4ccccn4)ccc3[nH]2)cc1. The smallest absolute Gasteiger partial charge is 0.420 e. The monoisotopic (exact) mass is 671 g/mol. The first-order valence-electron chi connectivity index (χ1n) is 16.6. The van der Waals surface area contributed by atoms with Crippen LogP contribution in [-0.4, -0.2) is 59.2 Å². The molecule has 4 rings (SSSR count). The summed E-state index contributed by atoms with van der Waals surface area (Å²) in [6.07, 6.45) is 8.16. The Morgan fingerprint density at radius 1 is 0.959 bits per heavy atom. The Hall–Kier alpha value is -5.46. The van der Waals surface area contributed by atoms with Gasteiger partial charge >= 0.3 is 18.2 Å². The molecule has 2 amide bonds. The molecule has 4 aromatic rings. The van der Waals surface area contributed by atoms with Crippen LogP contribution < -0.4 is 20.3 Å². The number of esters is 1. The molecule has 2 aromatic carbocycles. The number of rotatable bonds is 17. The van der Waals surface area contributed by atoms with Crippen molar-refractivity contribution < 1.29 is 28.6 Å². The average Bonchev–Trinajstić information content (AvgIpc) is 3.54. The van der Waals surface area contributed by atoms with Crippen molar-refractivity contribution in [3.8, 4) is 5.75 Å². The van der Waals surface area contributed by atoms with Gasteiger partial charge in [0.05, 0.1) is 37.7 Å².